The lowest BCUT2D eigenvalue weighted by atomic mass is 9.77. The van der Waals surface area contributed by atoms with Gasteiger partial charge in [-0.3, -0.25) is 9.78 Å². The smallest absolute Gasteiger partial charge is 0.220 e. The van der Waals surface area contributed by atoms with Gasteiger partial charge in [-0.1, -0.05) is 19.9 Å². The molecule has 0 radical (unpaired) electrons. The van der Waals surface area contributed by atoms with Gasteiger partial charge in [0.05, 0.1) is 11.6 Å². The number of likely N-dealkylation sites (tertiary alicyclic amines) is 1. The predicted octanol–water partition coefficient (Wildman–Crippen LogP) is 3.61. The molecule has 1 aromatic carbocycles. The van der Waals surface area contributed by atoms with Crippen molar-refractivity contribution in [3.8, 4) is 0 Å². The first-order valence-corrected chi connectivity index (χ1v) is 10.9. The number of carbonyl (C=O) groups excluding carboxylic acids is 1. The molecule has 2 aromatic rings. The van der Waals surface area contributed by atoms with E-state index in [-0.39, 0.29) is 17.4 Å². The molecule has 2 atom stereocenters. The lowest BCUT2D eigenvalue weighted by Gasteiger charge is -2.37. The Balaban J connectivity index is 1.43. The van der Waals surface area contributed by atoms with Crippen LogP contribution >= 0.6 is 0 Å². The summed E-state index contributed by atoms with van der Waals surface area (Å²) in [5, 5.41) is 4.56. The number of nitrogens with one attached hydrogen (secondary N) is 1. The van der Waals surface area contributed by atoms with E-state index >= 15 is 0 Å². The summed E-state index contributed by atoms with van der Waals surface area (Å²) < 4.78 is 0. The SMILES string of the molecule is Cc1ccc(N2CC(C)C(NC(=O)CC3(C)CCN(C)CC3)C2)c2cccnc12. The molecular weight excluding hydrogens is 360 g/mol. The highest BCUT2D eigenvalue weighted by Crippen LogP contribution is 2.35. The van der Waals surface area contributed by atoms with Crippen LogP contribution in [0.25, 0.3) is 10.9 Å². The Labute approximate surface area is 174 Å². The van der Waals surface area contributed by atoms with E-state index in [0.29, 0.717) is 12.3 Å². The number of aromatic nitrogens is 1. The first-order chi connectivity index (χ1) is 13.8. The fourth-order valence-electron chi connectivity index (χ4n) is 4.91. The summed E-state index contributed by atoms with van der Waals surface area (Å²) in [5.41, 5.74) is 3.63. The standard InChI is InChI=1S/C24H34N4O/c1-17-7-8-21(19-6-5-11-25-23(17)19)28-15-18(2)20(16-28)26-22(29)14-24(3)9-12-27(4)13-10-24/h5-8,11,18,20H,9-10,12-16H2,1-4H3,(H,26,29). The number of rotatable bonds is 4. The second kappa shape index (κ2) is 7.94. The van der Waals surface area contributed by atoms with Gasteiger partial charge in [-0.15, -0.1) is 0 Å². The Kier molecular flexibility index (Phi) is 5.52. The van der Waals surface area contributed by atoms with E-state index in [4.69, 9.17) is 0 Å². The molecule has 2 saturated heterocycles. The van der Waals surface area contributed by atoms with Crippen molar-refractivity contribution in [1.82, 2.24) is 15.2 Å². The van der Waals surface area contributed by atoms with Crippen molar-refractivity contribution >= 4 is 22.5 Å². The fourth-order valence-corrected chi connectivity index (χ4v) is 4.91. The van der Waals surface area contributed by atoms with E-state index in [1.165, 1.54) is 16.6 Å². The molecule has 1 N–H and O–H groups in total. The zero-order chi connectivity index (χ0) is 20.6. The maximum absolute atomic E-state index is 12.8. The molecule has 5 heteroatoms. The van der Waals surface area contributed by atoms with Gasteiger partial charge >= 0.3 is 0 Å². The lowest BCUT2D eigenvalue weighted by Crippen LogP contribution is -2.44. The second-order valence-electron chi connectivity index (χ2n) is 9.65. The first kappa shape index (κ1) is 20.1. The minimum absolute atomic E-state index is 0.136. The van der Waals surface area contributed by atoms with Crippen LogP contribution in [0.3, 0.4) is 0 Å². The van der Waals surface area contributed by atoms with Crippen LogP contribution in [0.15, 0.2) is 30.5 Å². The van der Waals surface area contributed by atoms with E-state index in [1.54, 1.807) is 0 Å². The van der Waals surface area contributed by atoms with Gasteiger partial charge in [-0.05, 0) is 75.0 Å². The minimum atomic E-state index is 0.136. The zero-order valence-corrected chi connectivity index (χ0v) is 18.2. The molecule has 2 fully saturated rings. The molecule has 0 aliphatic carbocycles. The van der Waals surface area contributed by atoms with E-state index in [1.807, 2.05) is 12.3 Å². The van der Waals surface area contributed by atoms with Gasteiger partial charge in [0.25, 0.3) is 0 Å². The largest absolute Gasteiger partial charge is 0.369 e. The Hall–Kier alpha value is -2.14. The monoisotopic (exact) mass is 394 g/mol. The summed E-state index contributed by atoms with van der Waals surface area (Å²) in [6.07, 6.45) is 4.71. The number of nitrogens with zero attached hydrogens (tertiary/aromatic N) is 3. The van der Waals surface area contributed by atoms with Crippen LogP contribution in [0.1, 0.15) is 38.7 Å². The number of aryl methyl sites for hydroxylation is 1. The van der Waals surface area contributed by atoms with Crippen LogP contribution in [0.2, 0.25) is 0 Å². The molecular formula is C24H34N4O. The average Bonchev–Trinajstić information content (AvgIpc) is 3.05. The molecule has 4 rings (SSSR count). The summed E-state index contributed by atoms with van der Waals surface area (Å²) >= 11 is 0. The summed E-state index contributed by atoms with van der Waals surface area (Å²) in [6.45, 7) is 10.6. The van der Waals surface area contributed by atoms with Crippen molar-refractivity contribution in [2.75, 3.05) is 38.1 Å². The molecule has 156 valence electrons. The maximum atomic E-state index is 12.8. The fraction of sp³-hybridized carbons (Fsp3) is 0.583. The third-order valence-corrected chi connectivity index (χ3v) is 7.03. The van der Waals surface area contributed by atoms with Crippen molar-refractivity contribution in [2.24, 2.45) is 11.3 Å². The summed E-state index contributed by atoms with van der Waals surface area (Å²) in [5.74, 6) is 0.642. The van der Waals surface area contributed by atoms with Gasteiger partial charge in [0.1, 0.15) is 0 Å². The van der Waals surface area contributed by atoms with Crippen molar-refractivity contribution in [3.05, 3.63) is 36.0 Å². The number of hydrogen-bond acceptors (Lipinski definition) is 4. The number of benzene rings is 1. The van der Waals surface area contributed by atoms with Crippen molar-refractivity contribution in [2.45, 2.75) is 46.1 Å². The third kappa shape index (κ3) is 4.25. The zero-order valence-electron chi connectivity index (χ0n) is 18.2. The minimum Gasteiger partial charge on any atom is -0.369 e. The van der Waals surface area contributed by atoms with Crippen LogP contribution in [0, 0.1) is 18.3 Å². The van der Waals surface area contributed by atoms with Gasteiger partial charge in [-0.2, -0.15) is 0 Å². The number of fused-ring (bicyclic) bond motifs is 1. The Morgan fingerprint density at radius 3 is 2.76 bits per heavy atom. The van der Waals surface area contributed by atoms with Crippen molar-refractivity contribution in [1.29, 1.82) is 0 Å². The normalized spacial score (nSPS) is 24.8. The molecule has 2 unspecified atom stereocenters. The average molecular weight is 395 g/mol. The molecule has 0 bridgehead atoms. The van der Waals surface area contributed by atoms with Gasteiger partial charge in [0.15, 0.2) is 0 Å². The van der Waals surface area contributed by atoms with Crippen LogP contribution in [0.5, 0.6) is 0 Å². The topological polar surface area (TPSA) is 48.5 Å². The highest BCUT2D eigenvalue weighted by Gasteiger charge is 2.35. The van der Waals surface area contributed by atoms with Crippen LogP contribution in [-0.2, 0) is 4.79 Å². The quantitative estimate of drug-likeness (QED) is 0.861. The summed E-state index contributed by atoms with van der Waals surface area (Å²) in [6, 6.07) is 8.72. The molecule has 1 amide bonds. The summed E-state index contributed by atoms with van der Waals surface area (Å²) in [4.78, 5) is 22.2. The Morgan fingerprint density at radius 2 is 2.00 bits per heavy atom. The molecule has 1 aromatic heterocycles. The first-order valence-electron chi connectivity index (χ1n) is 10.9. The Morgan fingerprint density at radius 1 is 1.24 bits per heavy atom. The number of anilines is 1. The number of hydrogen-bond donors (Lipinski definition) is 1. The van der Waals surface area contributed by atoms with E-state index in [2.05, 4.69) is 66.1 Å². The van der Waals surface area contributed by atoms with E-state index in [0.717, 1.165) is 44.5 Å². The number of carbonyl (C=O) groups is 1. The van der Waals surface area contributed by atoms with Gasteiger partial charge in [0.2, 0.25) is 5.91 Å². The van der Waals surface area contributed by atoms with Crippen LogP contribution < -0.4 is 10.2 Å². The van der Waals surface area contributed by atoms with Gasteiger partial charge in [0, 0.05) is 36.8 Å². The molecule has 0 spiro atoms. The molecule has 2 aliphatic rings. The summed E-state index contributed by atoms with van der Waals surface area (Å²) in [7, 11) is 2.17. The van der Waals surface area contributed by atoms with Crippen molar-refractivity contribution < 1.29 is 4.79 Å². The third-order valence-electron chi connectivity index (χ3n) is 7.03. The molecule has 3 heterocycles. The van der Waals surface area contributed by atoms with Crippen molar-refractivity contribution in [3.63, 3.8) is 0 Å². The molecule has 0 saturated carbocycles. The highest BCUT2D eigenvalue weighted by atomic mass is 16.1. The predicted molar refractivity (Wildman–Crippen MR) is 119 cm³/mol. The lowest BCUT2D eigenvalue weighted by molar-refractivity contribution is -0.124. The second-order valence-corrected chi connectivity index (χ2v) is 9.65. The molecule has 2 aliphatic heterocycles. The van der Waals surface area contributed by atoms with Gasteiger partial charge in [-0.25, -0.2) is 0 Å². The number of piperidine rings is 1. The maximum Gasteiger partial charge on any atom is 0.220 e. The van der Waals surface area contributed by atoms with E-state index in [9.17, 15) is 4.79 Å². The van der Waals surface area contributed by atoms with E-state index < -0.39 is 0 Å². The van der Waals surface area contributed by atoms with Crippen LogP contribution in [0.4, 0.5) is 5.69 Å². The van der Waals surface area contributed by atoms with Gasteiger partial charge < -0.3 is 15.1 Å². The molecule has 29 heavy (non-hydrogen) atoms. The molecule has 5 nitrogen and oxygen atoms in total. The Bertz CT molecular complexity index is 888. The van der Waals surface area contributed by atoms with Crippen LogP contribution in [-0.4, -0.2) is 55.1 Å². The number of pyridine rings is 1. The highest BCUT2D eigenvalue weighted by molar-refractivity contribution is 5.94. The number of amides is 1.